The van der Waals surface area contributed by atoms with Crippen LogP contribution in [0.15, 0.2) is 24.5 Å². The number of nitrogens with one attached hydrogen (secondary N) is 1. The van der Waals surface area contributed by atoms with Gasteiger partial charge >= 0.3 is 0 Å². The molecule has 0 saturated heterocycles. The predicted octanol–water partition coefficient (Wildman–Crippen LogP) is 2.77. The Bertz CT molecular complexity index is 641. The van der Waals surface area contributed by atoms with Gasteiger partial charge in [0.25, 0.3) is 0 Å². The molecule has 1 N–H and O–H groups in total. The van der Waals surface area contributed by atoms with Crippen LogP contribution in [0.2, 0.25) is 0 Å². The van der Waals surface area contributed by atoms with Gasteiger partial charge in [0.15, 0.2) is 0 Å². The summed E-state index contributed by atoms with van der Waals surface area (Å²) in [7, 11) is 0. The smallest absolute Gasteiger partial charge is 0.247 e. The van der Waals surface area contributed by atoms with Gasteiger partial charge in [-0.05, 0) is 26.8 Å². The van der Waals surface area contributed by atoms with Crippen molar-refractivity contribution in [3.63, 3.8) is 0 Å². The minimum Gasteiger partial charge on any atom is -0.309 e. The molecule has 2 heterocycles. The van der Waals surface area contributed by atoms with E-state index in [1.165, 1.54) is 0 Å². The molecule has 22 heavy (non-hydrogen) atoms. The van der Waals surface area contributed by atoms with Gasteiger partial charge in [0.05, 0.1) is 11.2 Å². The molecular weight excluding hydrogens is 278 g/mol. The third kappa shape index (κ3) is 3.75. The Morgan fingerprint density at radius 2 is 1.91 bits per heavy atom. The largest absolute Gasteiger partial charge is 0.309 e. The van der Waals surface area contributed by atoms with E-state index in [0.717, 1.165) is 11.5 Å². The number of nitrogens with zero attached hydrogens (tertiary/aromatic N) is 4. The SMILES string of the molecule is CC(C)(C)c1cc(NC(=O)Cn2cccn2)n(C(C)(C)C)n1. The van der Waals surface area contributed by atoms with E-state index in [1.54, 1.807) is 23.1 Å². The summed E-state index contributed by atoms with van der Waals surface area (Å²) in [5.74, 6) is 0.601. The Labute approximate surface area is 131 Å². The minimum atomic E-state index is -0.211. The highest BCUT2D eigenvalue weighted by atomic mass is 16.2. The molecule has 0 spiro atoms. The summed E-state index contributed by atoms with van der Waals surface area (Å²) in [5, 5.41) is 11.7. The van der Waals surface area contributed by atoms with Gasteiger partial charge in [0.2, 0.25) is 5.91 Å². The molecule has 0 atom stereocenters. The molecule has 0 aliphatic carbocycles. The summed E-state index contributed by atoms with van der Waals surface area (Å²) in [6.07, 6.45) is 3.42. The maximum Gasteiger partial charge on any atom is 0.247 e. The molecule has 0 radical (unpaired) electrons. The molecule has 2 aromatic rings. The van der Waals surface area contributed by atoms with E-state index in [2.05, 4.69) is 57.1 Å². The molecule has 0 saturated carbocycles. The van der Waals surface area contributed by atoms with E-state index in [0.29, 0.717) is 0 Å². The monoisotopic (exact) mass is 303 g/mol. The van der Waals surface area contributed by atoms with Crippen molar-refractivity contribution in [1.82, 2.24) is 19.6 Å². The number of amides is 1. The number of rotatable bonds is 3. The lowest BCUT2D eigenvalue weighted by Crippen LogP contribution is -2.28. The van der Waals surface area contributed by atoms with Crippen LogP contribution in [0.5, 0.6) is 0 Å². The van der Waals surface area contributed by atoms with Gasteiger partial charge in [0.1, 0.15) is 12.4 Å². The minimum absolute atomic E-state index is 0.0715. The zero-order chi connectivity index (χ0) is 16.5. The number of carbonyl (C=O) groups excluding carboxylic acids is 1. The Balaban J connectivity index is 2.25. The van der Waals surface area contributed by atoms with E-state index >= 15 is 0 Å². The quantitative estimate of drug-likeness (QED) is 0.948. The summed E-state index contributed by atoms with van der Waals surface area (Å²) in [5.41, 5.74) is 0.673. The first kappa shape index (κ1) is 16.3. The van der Waals surface area contributed by atoms with Crippen molar-refractivity contribution in [2.24, 2.45) is 0 Å². The Morgan fingerprint density at radius 1 is 1.23 bits per heavy atom. The molecule has 2 rings (SSSR count). The first-order chi connectivity index (χ1) is 10.1. The Morgan fingerprint density at radius 3 is 2.41 bits per heavy atom. The highest BCUT2D eigenvalue weighted by Crippen LogP contribution is 2.28. The van der Waals surface area contributed by atoms with Crippen LogP contribution in [-0.2, 0) is 22.3 Å². The zero-order valence-corrected chi connectivity index (χ0v) is 14.2. The van der Waals surface area contributed by atoms with Crippen LogP contribution in [0, 0.1) is 0 Å². The lowest BCUT2D eigenvalue weighted by atomic mass is 9.92. The third-order valence-corrected chi connectivity index (χ3v) is 3.25. The first-order valence-corrected chi connectivity index (χ1v) is 7.46. The third-order valence-electron chi connectivity index (χ3n) is 3.25. The summed E-state index contributed by atoms with van der Waals surface area (Å²) in [6.45, 7) is 12.7. The number of hydrogen-bond donors (Lipinski definition) is 1. The van der Waals surface area contributed by atoms with E-state index < -0.39 is 0 Å². The molecular formula is C16H25N5O. The molecule has 0 fully saturated rings. The molecule has 120 valence electrons. The van der Waals surface area contributed by atoms with Crippen molar-refractivity contribution < 1.29 is 4.79 Å². The van der Waals surface area contributed by atoms with E-state index in [-0.39, 0.29) is 23.4 Å². The van der Waals surface area contributed by atoms with Crippen molar-refractivity contribution in [2.45, 2.75) is 59.0 Å². The molecule has 0 aliphatic heterocycles. The lowest BCUT2D eigenvalue weighted by Gasteiger charge is -2.23. The zero-order valence-electron chi connectivity index (χ0n) is 14.2. The van der Waals surface area contributed by atoms with Gasteiger partial charge in [-0.15, -0.1) is 0 Å². The molecule has 0 aliphatic rings. The van der Waals surface area contributed by atoms with Gasteiger partial charge < -0.3 is 5.32 Å². The standard InChI is InChI=1S/C16H25N5O/c1-15(2,3)12-10-13(21(19-12)16(4,5)6)18-14(22)11-20-9-7-8-17-20/h7-10H,11H2,1-6H3,(H,18,22). The average molecular weight is 303 g/mol. The van der Waals surface area contributed by atoms with Gasteiger partial charge in [-0.3, -0.25) is 9.48 Å². The fourth-order valence-corrected chi connectivity index (χ4v) is 2.07. The van der Waals surface area contributed by atoms with Crippen LogP contribution in [0.1, 0.15) is 47.2 Å². The van der Waals surface area contributed by atoms with Crippen LogP contribution in [0.25, 0.3) is 0 Å². The highest BCUT2D eigenvalue weighted by Gasteiger charge is 2.25. The summed E-state index contributed by atoms with van der Waals surface area (Å²) in [6, 6.07) is 3.75. The first-order valence-electron chi connectivity index (χ1n) is 7.46. The fraction of sp³-hybridized carbons (Fsp3) is 0.562. The van der Waals surface area contributed by atoms with Gasteiger partial charge in [0, 0.05) is 23.9 Å². The van der Waals surface area contributed by atoms with Crippen LogP contribution >= 0.6 is 0 Å². The average Bonchev–Trinajstić information content (AvgIpc) is 2.95. The van der Waals surface area contributed by atoms with Crippen LogP contribution in [0.4, 0.5) is 5.82 Å². The number of hydrogen-bond acceptors (Lipinski definition) is 3. The second-order valence-electron chi connectivity index (χ2n) is 7.50. The maximum atomic E-state index is 12.2. The number of carbonyl (C=O) groups is 1. The number of anilines is 1. The topological polar surface area (TPSA) is 64.7 Å². The van der Waals surface area contributed by atoms with E-state index in [1.807, 2.05) is 10.7 Å². The molecule has 0 unspecified atom stereocenters. The van der Waals surface area contributed by atoms with Crippen molar-refractivity contribution in [1.29, 1.82) is 0 Å². The van der Waals surface area contributed by atoms with E-state index in [9.17, 15) is 4.79 Å². The van der Waals surface area contributed by atoms with E-state index in [4.69, 9.17) is 0 Å². The van der Waals surface area contributed by atoms with Gasteiger partial charge in [-0.2, -0.15) is 10.2 Å². The van der Waals surface area contributed by atoms with Gasteiger partial charge in [-0.1, -0.05) is 20.8 Å². The maximum absolute atomic E-state index is 12.2. The molecule has 6 heteroatoms. The molecule has 0 aromatic carbocycles. The fourth-order valence-electron chi connectivity index (χ4n) is 2.07. The second kappa shape index (κ2) is 5.59. The second-order valence-corrected chi connectivity index (χ2v) is 7.50. The number of aromatic nitrogens is 4. The summed E-state index contributed by atoms with van der Waals surface area (Å²) >= 11 is 0. The molecule has 2 aromatic heterocycles. The van der Waals surface area contributed by atoms with Crippen molar-refractivity contribution in [3.05, 3.63) is 30.2 Å². The van der Waals surface area contributed by atoms with Crippen molar-refractivity contribution >= 4 is 11.7 Å². The Kier molecular flexibility index (Phi) is 4.13. The normalized spacial score (nSPS) is 12.5. The molecule has 6 nitrogen and oxygen atoms in total. The summed E-state index contributed by atoms with van der Waals surface area (Å²) in [4.78, 5) is 12.2. The molecule has 0 bridgehead atoms. The lowest BCUT2D eigenvalue weighted by molar-refractivity contribution is -0.117. The Hall–Kier alpha value is -2.11. The summed E-state index contributed by atoms with van der Waals surface area (Å²) < 4.78 is 3.46. The van der Waals surface area contributed by atoms with Crippen LogP contribution in [-0.4, -0.2) is 25.5 Å². The van der Waals surface area contributed by atoms with Gasteiger partial charge in [-0.25, -0.2) is 4.68 Å². The predicted molar refractivity (Wildman–Crippen MR) is 86.8 cm³/mol. The van der Waals surface area contributed by atoms with Crippen molar-refractivity contribution in [3.8, 4) is 0 Å². The highest BCUT2D eigenvalue weighted by molar-refractivity contribution is 5.89. The molecule has 1 amide bonds. The van der Waals surface area contributed by atoms with Crippen molar-refractivity contribution in [2.75, 3.05) is 5.32 Å². The van der Waals surface area contributed by atoms with Crippen LogP contribution < -0.4 is 5.32 Å². The van der Waals surface area contributed by atoms with Crippen LogP contribution in [0.3, 0.4) is 0 Å².